The molecule has 3 N–H and O–H groups in total. The molecule has 8 nitrogen and oxygen atoms in total. The summed E-state index contributed by atoms with van der Waals surface area (Å²) in [6.07, 6.45) is 11.2. The maximum atomic E-state index is 11.1. The first-order valence-corrected chi connectivity index (χ1v) is 11.3. The standard InChI is InChI=1S/C18H34O8S.3Na.3H/c1-2-3-4-5-6-7-8-9-10-11-12-13-14-26-15(17(19)20)16(18(21)22)27(23,24)25;;;;;;/h15-16H,2-14H2,1H3,(H,19,20)(H,21,22)(H,23,24,25);;;;;;. The molecule has 2 unspecified atom stereocenters. The average Bonchev–Trinajstić information content (AvgIpc) is 2.56. The van der Waals surface area contributed by atoms with E-state index in [9.17, 15) is 18.0 Å². The molecule has 30 heavy (non-hydrogen) atoms. The Morgan fingerprint density at radius 2 is 1.10 bits per heavy atom. The van der Waals surface area contributed by atoms with Crippen LogP contribution in [0.1, 0.15) is 84.0 Å². The summed E-state index contributed by atoms with van der Waals surface area (Å²) >= 11 is 0. The van der Waals surface area contributed by atoms with Gasteiger partial charge in [-0.05, 0) is 6.42 Å². The van der Waals surface area contributed by atoms with Gasteiger partial charge in [0.05, 0.1) is 0 Å². The zero-order chi connectivity index (χ0) is 20.7. The van der Waals surface area contributed by atoms with Crippen LogP contribution in [0.2, 0.25) is 0 Å². The van der Waals surface area contributed by atoms with Gasteiger partial charge >= 0.3 is 101 Å². The molecule has 0 aliphatic carbocycles. The van der Waals surface area contributed by atoms with Crippen LogP contribution in [0.5, 0.6) is 0 Å². The summed E-state index contributed by atoms with van der Waals surface area (Å²) in [5.41, 5.74) is 0. The molecule has 0 radical (unpaired) electrons. The summed E-state index contributed by atoms with van der Waals surface area (Å²) < 4.78 is 36.0. The van der Waals surface area contributed by atoms with Crippen LogP contribution in [-0.2, 0) is 24.4 Å². The van der Waals surface area contributed by atoms with Crippen LogP contribution in [0, 0.1) is 0 Å². The van der Waals surface area contributed by atoms with Crippen molar-refractivity contribution < 1.29 is 37.5 Å². The van der Waals surface area contributed by atoms with Crippen LogP contribution in [-0.4, -0.2) is 142 Å². The molecule has 0 fully saturated rings. The molecule has 0 aliphatic heterocycles. The molecule has 0 spiro atoms. The van der Waals surface area contributed by atoms with Gasteiger partial charge in [0.25, 0.3) is 10.1 Å². The Morgan fingerprint density at radius 3 is 1.40 bits per heavy atom. The molecule has 0 rings (SSSR count). The molecule has 166 valence electrons. The number of hydrogen-bond acceptors (Lipinski definition) is 5. The Balaban J connectivity index is -0.00000113. The van der Waals surface area contributed by atoms with E-state index in [0.29, 0.717) is 6.42 Å². The molecule has 0 amide bonds. The number of carboxylic acids is 2. The van der Waals surface area contributed by atoms with Crippen LogP contribution in [0.25, 0.3) is 0 Å². The van der Waals surface area contributed by atoms with Crippen molar-refractivity contribution in [3.05, 3.63) is 0 Å². The summed E-state index contributed by atoms with van der Waals surface area (Å²) in [7, 11) is -5.08. The number of ether oxygens (including phenoxy) is 1. The first-order chi connectivity index (χ1) is 12.7. The molecule has 0 aliphatic rings. The Hall–Kier alpha value is 1.81. The number of rotatable bonds is 18. The van der Waals surface area contributed by atoms with Gasteiger partial charge in [0.15, 0.2) is 6.10 Å². The van der Waals surface area contributed by atoms with Crippen molar-refractivity contribution in [3.63, 3.8) is 0 Å². The van der Waals surface area contributed by atoms with Crippen LogP contribution in [0.3, 0.4) is 0 Å². The molecule has 0 aromatic rings. The predicted octanol–water partition coefficient (Wildman–Crippen LogP) is 1.55. The van der Waals surface area contributed by atoms with Crippen molar-refractivity contribution in [2.45, 2.75) is 95.3 Å². The molecule has 12 heteroatoms. The van der Waals surface area contributed by atoms with Crippen molar-refractivity contribution in [2.75, 3.05) is 6.61 Å². The van der Waals surface area contributed by atoms with E-state index in [1.54, 1.807) is 0 Å². The maximum absolute atomic E-state index is 11.1. The molecular weight excluding hydrogens is 445 g/mol. The molecular formula is C18H37Na3O8S. The first kappa shape index (κ1) is 39.0. The number of carbonyl (C=O) groups is 2. The number of aliphatic carboxylic acids is 2. The Morgan fingerprint density at radius 1 is 0.733 bits per heavy atom. The van der Waals surface area contributed by atoms with E-state index < -0.39 is 33.4 Å². The van der Waals surface area contributed by atoms with Crippen LogP contribution < -0.4 is 0 Å². The summed E-state index contributed by atoms with van der Waals surface area (Å²) in [4.78, 5) is 22.0. The molecule has 0 aromatic carbocycles. The minimum atomic E-state index is -5.08. The quantitative estimate of drug-likeness (QED) is 0.152. The van der Waals surface area contributed by atoms with E-state index in [4.69, 9.17) is 19.5 Å². The van der Waals surface area contributed by atoms with Crippen LogP contribution in [0.4, 0.5) is 0 Å². The van der Waals surface area contributed by atoms with Gasteiger partial charge in [0.1, 0.15) is 0 Å². The van der Waals surface area contributed by atoms with Crippen molar-refractivity contribution >= 4 is 111 Å². The fourth-order valence-corrected chi connectivity index (χ4v) is 3.62. The van der Waals surface area contributed by atoms with E-state index in [0.717, 1.165) is 25.7 Å². The van der Waals surface area contributed by atoms with E-state index in [2.05, 4.69) is 6.92 Å². The summed E-state index contributed by atoms with van der Waals surface area (Å²) in [5, 5.41) is 15.3. The minimum absolute atomic E-state index is 0. The molecule has 0 bridgehead atoms. The van der Waals surface area contributed by atoms with Gasteiger partial charge in [-0.2, -0.15) is 8.42 Å². The zero-order valence-corrected chi connectivity index (χ0v) is 17.0. The third kappa shape index (κ3) is 20.4. The van der Waals surface area contributed by atoms with Crippen LogP contribution >= 0.6 is 0 Å². The third-order valence-electron chi connectivity index (χ3n) is 4.38. The van der Waals surface area contributed by atoms with Crippen LogP contribution in [0.15, 0.2) is 0 Å². The normalized spacial score (nSPS) is 12.6. The van der Waals surface area contributed by atoms with Crippen molar-refractivity contribution in [1.29, 1.82) is 0 Å². The average molecular weight is 483 g/mol. The van der Waals surface area contributed by atoms with E-state index in [1.807, 2.05) is 0 Å². The van der Waals surface area contributed by atoms with Crippen molar-refractivity contribution in [3.8, 4) is 0 Å². The second-order valence-electron chi connectivity index (χ2n) is 6.79. The molecule has 0 saturated carbocycles. The van der Waals surface area contributed by atoms with E-state index in [-0.39, 0.29) is 95.3 Å². The number of carboxylic acid groups (broad SMARTS) is 2. The van der Waals surface area contributed by atoms with Gasteiger partial charge in [-0.15, -0.1) is 0 Å². The number of hydrogen-bond donors (Lipinski definition) is 3. The van der Waals surface area contributed by atoms with Crippen molar-refractivity contribution in [1.82, 2.24) is 0 Å². The first-order valence-electron chi connectivity index (χ1n) is 9.75. The molecule has 0 saturated heterocycles. The Bertz CT molecular complexity index is 532. The second kappa shape index (κ2) is 24.0. The summed E-state index contributed by atoms with van der Waals surface area (Å²) in [6, 6.07) is 0. The second-order valence-corrected chi connectivity index (χ2v) is 8.33. The Kier molecular flexibility index (Phi) is 31.2. The zero-order valence-electron chi connectivity index (χ0n) is 16.1. The van der Waals surface area contributed by atoms with Gasteiger partial charge < -0.3 is 14.9 Å². The monoisotopic (exact) mass is 482 g/mol. The molecule has 2 atom stereocenters. The van der Waals surface area contributed by atoms with Gasteiger partial charge in [0, 0.05) is 6.61 Å². The topological polar surface area (TPSA) is 138 Å². The van der Waals surface area contributed by atoms with Gasteiger partial charge in [0.2, 0.25) is 5.25 Å². The van der Waals surface area contributed by atoms with E-state index in [1.165, 1.54) is 44.9 Å². The van der Waals surface area contributed by atoms with Gasteiger partial charge in [-0.25, -0.2) is 4.79 Å². The third-order valence-corrected chi connectivity index (χ3v) is 5.47. The van der Waals surface area contributed by atoms with Gasteiger partial charge in [-0.1, -0.05) is 77.6 Å². The van der Waals surface area contributed by atoms with Crippen molar-refractivity contribution in [2.24, 2.45) is 0 Å². The van der Waals surface area contributed by atoms with Gasteiger partial charge in [-0.3, -0.25) is 9.35 Å². The summed E-state index contributed by atoms with van der Waals surface area (Å²) in [5.74, 6) is -3.70. The summed E-state index contributed by atoms with van der Waals surface area (Å²) in [6.45, 7) is 2.12. The fraction of sp³-hybridized carbons (Fsp3) is 0.889. The SMILES string of the molecule is CCCCCCCCCCCCCCOC(C(=O)O)C(C(=O)O)S(=O)(=O)O.[NaH].[NaH].[NaH]. The van der Waals surface area contributed by atoms with E-state index >= 15 is 0 Å². The predicted molar refractivity (Wildman–Crippen MR) is 123 cm³/mol. The molecule has 0 heterocycles. The Labute approximate surface area is 247 Å². The fourth-order valence-electron chi connectivity index (χ4n) is 2.85. The number of unbranched alkanes of at least 4 members (excludes halogenated alkanes) is 11. The molecule has 0 aromatic heterocycles.